The Balaban J connectivity index is 2.83. The van der Waals surface area contributed by atoms with E-state index in [1.165, 1.54) is 0 Å². The summed E-state index contributed by atoms with van der Waals surface area (Å²) in [5.74, 6) is 4.89. The maximum Gasteiger partial charge on any atom is 0.333 e. The molecule has 0 aliphatic heterocycles. The molecule has 0 unspecified atom stereocenters. The van der Waals surface area contributed by atoms with E-state index in [0.29, 0.717) is 10.7 Å². The van der Waals surface area contributed by atoms with Gasteiger partial charge in [0.2, 0.25) is 0 Å². The van der Waals surface area contributed by atoms with E-state index in [0.717, 1.165) is 4.47 Å². The number of anilines is 1. The molecule has 0 fully saturated rings. The Labute approximate surface area is 88.5 Å². The van der Waals surface area contributed by atoms with E-state index in [2.05, 4.69) is 21.2 Å². The van der Waals surface area contributed by atoms with Crippen molar-refractivity contribution in [3.63, 3.8) is 0 Å². The molecule has 0 radical (unpaired) electrons. The van der Waals surface area contributed by atoms with Gasteiger partial charge < -0.3 is 5.32 Å². The minimum atomic E-state index is -0.510. The number of hydrogen-bond donors (Lipinski definition) is 3. The summed E-state index contributed by atoms with van der Waals surface area (Å²) in [5.41, 5.74) is 2.44. The third-order valence-corrected chi connectivity index (χ3v) is 2.12. The van der Waals surface area contributed by atoms with Crippen molar-refractivity contribution < 1.29 is 4.79 Å². The molecule has 0 atom stereocenters. The second-order valence-electron chi connectivity index (χ2n) is 2.22. The van der Waals surface area contributed by atoms with Crippen LogP contribution in [0.4, 0.5) is 10.5 Å². The van der Waals surface area contributed by atoms with E-state index < -0.39 is 6.03 Å². The Morgan fingerprint density at radius 1 is 1.54 bits per heavy atom. The fourth-order valence-corrected chi connectivity index (χ4v) is 1.47. The first-order valence-electron chi connectivity index (χ1n) is 3.36. The van der Waals surface area contributed by atoms with Gasteiger partial charge in [0.05, 0.1) is 10.7 Å². The number of carbonyl (C=O) groups excluding carboxylic acids is 1. The summed E-state index contributed by atoms with van der Waals surface area (Å²) >= 11 is 9.06. The maximum absolute atomic E-state index is 10.8. The Hall–Kier alpha value is -0.780. The van der Waals surface area contributed by atoms with Gasteiger partial charge in [-0.1, -0.05) is 27.5 Å². The van der Waals surface area contributed by atoms with Gasteiger partial charge in [0.25, 0.3) is 0 Å². The predicted octanol–water partition coefficient (Wildman–Crippen LogP) is 2.10. The molecular weight excluding hydrogens is 257 g/mol. The first-order chi connectivity index (χ1) is 6.13. The molecule has 1 aromatic rings. The summed E-state index contributed by atoms with van der Waals surface area (Å²) < 4.78 is 0.844. The van der Waals surface area contributed by atoms with Crippen molar-refractivity contribution in [2.75, 3.05) is 5.32 Å². The first kappa shape index (κ1) is 10.3. The van der Waals surface area contributed by atoms with Gasteiger partial charge in [-0.2, -0.15) is 0 Å². The zero-order valence-electron chi connectivity index (χ0n) is 6.47. The van der Waals surface area contributed by atoms with Gasteiger partial charge in [0, 0.05) is 4.47 Å². The van der Waals surface area contributed by atoms with Gasteiger partial charge in [-0.25, -0.2) is 10.6 Å². The zero-order chi connectivity index (χ0) is 9.84. The lowest BCUT2D eigenvalue weighted by Gasteiger charge is -2.05. The highest BCUT2D eigenvalue weighted by Gasteiger charge is 2.03. The van der Waals surface area contributed by atoms with Crippen LogP contribution < -0.4 is 16.6 Å². The number of amides is 2. The minimum absolute atomic E-state index is 0.443. The van der Waals surface area contributed by atoms with E-state index in [9.17, 15) is 4.79 Å². The van der Waals surface area contributed by atoms with Crippen LogP contribution in [0.15, 0.2) is 22.7 Å². The van der Waals surface area contributed by atoms with E-state index in [1.807, 2.05) is 5.43 Å². The van der Waals surface area contributed by atoms with E-state index in [-0.39, 0.29) is 0 Å². The molecule has 1 aromatic carbocycles. The molecule has 0 aromatic heterocycles. The van der Waals surface area contributed by atoms with E-state index in [4.69, 9.17) is 17.4 Å². The lowest BCUT2D eigenvalue weighted by molar-refractivity contribution is 0.252. The third-order valence-electron chi connectivity index (χ3n) is 1.31. The van der Waals surface area contributed by atoms with Gasteiger partial charge >= 0.3 is 6.03 Å². The number of hydrogen-bond acceptors (Lipinski definition) is 2. The Morgan fingerprint density at radius 2 is 2.23 bits per heavy atom. The summed E-state index contributed by atoms with van der Waals surface area (Å²) in [6.07, 6.45) is 0. The molecular formula is C7H7BrClN3O. The second kappa shape index (κ2) is 4.45. The van der Waals surface area contributed by atoms with Crippen LogP contribution in [0.25, 0.3) is 0 Å². The van der Waals surface area contributed by atoms with Crippen LogP contribution >= 0.6 is 27.5 Å². The summed E-state index contributed by atoms with van der Waals surface area (Å²) in [6.45, 7) is 0. The normalized spacial score (nSPS) is 9.46. The van der Waals surface area contributed by atoms with Crippen LogP contribution in [0.2, 0.25) is 5.02 Å². The van der Waals surface area contributed by atoms with Crippen LogP contribution in [0, 0.1) is 0 Å². The van der Waals surface area contributed by atoms with Crippen molar-refractivity contribution >= 4 is 39.2 Å². The van der Waals surface area contributed by atoms with Gasteiger partial charge in [-0.05, 0) is 18.2 Å². The number of urea groups is 1. The molecule has 0 saturated carbocycles. The van der Waals surface area contributed by atoms with Gasteiger partial charge in [-0.3, -0.25) is 5.43 Å². The van der Waals surface area contributed by atoms with Gasteiger partial charge in [-0.15, -0.1) is 0 Å². The third kappa shape index (κ3) is 2.87. The number of benzene rings is 1. The van der Waals surface area contributed by atoms with Crippen LogP contribution in [-0.4, -0.2) is 6.03 Å². The lowest BCUT2D eigenvalue weighted by Crippen LogP contribution is -2.34. The maximum atomic E-state index is 10.8. The predicted molar refractivity (Wildman–Crippen MR) is 55.5 cm³/mol. The van der Waals surface area contributed by atoms with Crippen LogP contribution in [-0.2, 0) is 0 Å². The molecule has 0 spiro atoms. The molecule has 4 nitrogen and oxygen atoms in total. The number of nitrogens with one attached hydrogen (secondary N) is 2. The topological polar surface area (TPSA) is 67.1 Å². The highest BCUT2D eigenvalue weighted by Crippen LogP contribution is 2.25. The van der Waals surface area contributed by atoms with E-state index in [1.54, 1.807) is 18.2 Å². The number of rotatable bonds is 1. The van der Waals surface area contributed by atoms with Crippen molar-refractivity contribution in [3.8, 4) is 0 Å². The van der Waals surface area contributed by atoms with Crippen molar-refractivity contribution in [2.45, 2.75) is 0 Å². The molecule has 0 heterocycles. The number of nitrogens with two attached hydrogens (primary N) is 1. The fourth-order valence-electron chi connectivity index (χ4n) is 0.749. The lowest BCUT2D eigenvalue weighted by atomic mass is 10.3. The zero-order valence-corrected chi connectivity index (χ0v) is 8.82. The van der Waals surface area contributed by atoms with Crippen molar-refractivity contribution in [1.29, 1.82) is 0 Å². The average Bonchev–Trinajstić information content (AvgIpc) is 2.09. The molecule has 0 saturated heterocycles. The standard InChI is InChI=1S/C7H7BrClN3O/c8-4-1-2-6(5(9)3-4)11-7(13)12-10/h1-3H,10H2,(H2,11,12,13). The van der Waals surface area contributed by atoms with Crippen LogP contribution in [0.5, 0.6) is 0 Å². The molecule has 6 heteroatoms. The Morgan fingerprint density at radius 3 is 2.77 bits per heavy atom. The monoisotopic (exact) mass is 263 g/mol. The highest BCUT2D eigenvalue weighted by atomic mass is 79.9. The molecule has 0 bridgehead atoms. The van der Waals surface area contributed by atoms with Crippen molar-refractivity contribution in [2.24, 2.45) is 5.84 Å². The van der Waals surface area contributed by atoms with E-state index >= 15 is 0 Å². The number of carbonyl (C=O) groups is 1. The summed E-state index contributed by atoms with van der Waals surface area (Å²) in [5, 5.41) is 2.90. The Kier molecular flexibility index (Phi) is 3.53. The van der Waals surface area contributed by atoms with Crippen LogP contribution in [0.1, 0.15) is 0 Å². The molecule has 4 N–H and O–H groups in total. The highest BCUT2D eigenvalue weighted by molar-refractivity contribution is 9.10. The van der Waals surface area contributed by atoms with Gasteiger partial charge in [0.1, 0.15) is 0 Å². The molecule has 0 aliphatic rings. The smallest absolute Gasteiger partial charge is 0.305 e. The molecule has 2 amide bonds. The average molecular weight is 265 g/mol. The van der Waals surface area contributed by atoms with Crippen molar-refractivity contribution in [3.05, 3.63) is 27.7 Å². The summed E-state index contributed by atoms with van der Waals surface area (Å²) in [4.78, 5) is 10.8. The molecule has 1 rings (SSSR count). The van der Waals surface area contributed by atoms with Gasteiger partial charge in [0.15, 0.2) is 0 Å². The largest absolute Gasteiger partial charge is 0.333 e. The fraction of sp³-hybridized carbons (Fsp3) is 0. The first-order valence-corrected chi connectivity index (χ1v) is 4.53. The number of hydrazine groups is 1. The minimum Gasteiger partial charge on any atom is -0.305 e. The molecule has 70 valence electrons. The quantitative estimate of drug-likeness (QED) is 0.413. The summed E-state index contributed by atoms with van der Waals surface area (Å²) in [7, 11) is 0. The summed E-state index contributed by atoms with van der Waals surface area (Å²) in [6, 6.07) is 4.59. The molecule has 0 aliphatic carbocycles. The number of halogens is 2. The SMILES string of the molecule is NNC(=O)Nc1ccc(Br)cc1Cl. The van der Waals surface area contributed by atoms with Crippen LogP contribution in [0.3, 0.4) is 0 Å². The van der Waals surface area contributed by atoms with Crippen molar-refractivity contribution in [1.82, 2.24) is 5.43 Å². The Bertz CT molecular complexity index is 332. The molecule has 13 heavy (non-hydrogen) atoms. The second-order valence-corrected chi connectivity index (χ2v) is 3.55.